The van der Waals surface area contributed by atoms with Gasteiger partial charge in [0.25, 0.3) is 0 Å². The molecule has 0 amide bonds. The first-order chi connectivity index (χ1) is 5.49. The minimum absolute atomic E-state index is 0. The summed E-state index contributed by atoms with van der Waals surface area (Å²) in [6.45, 7) is 0. The first-order valence-electron chi connectivity index (χ1n) is 3.02. The molecule has 7 heteroatoms. The van der Waals surface area contributed by atoms with Crippen molar-refractivity contribution in [3.63, 3.8) is 0 Å². The summed E-state index contributed by atoms with van der Waals surface area (Å²) in [5.74, 6) is -0.536. The van der Waals surface area contributed by atoms with E-state index in [-0.39, 0.29) is 41.1 Å². The molecule has 0 radical (unpaired) electrons. The fourth-order valence-electron chi connectivity index (χ4n) is 0.662. The van der Waals surface area contributed by atoms with Crippen molar-refractivity contribution in [2.45, 2.75) is 0 Å². The number of hydrogen-bond donors (Lipinski definition) is 3. The van der Waals surface area contributed by atoms with Crippen LogP contribution < -0.4 is 4.52 Å². The minimum atomic E-state index is -4.57. The van der Waals surface area contributed by atoms with Gasteiger partial charge in [-0.3, -0.25) is 9.79 Å². The number of aromatic hydroxyl groups is 1. The first kappa shape index (κ1) is 13.0. The Morgan fingerprint density at radius 3 is 2.23 bits per heavy atom. The Balaban J connectivity index is 0.00000144. The molecule has 0 saturated carbocycles. The van der Waals surface area contributed by atoms with E-state index in [2.05, 4.69) is 4.52 Å². The average molecular weight is 214 g/mol. The molecule has 3 N–H and O–H groups in total. The van der Waals surface area contributed by atoms with Crippen molar-refractivity contribution in [1.82, 2.24) is 0 Å². The van der Waals surface area contributed by atoms with Gasteiger partial charge in [-0.1, -0.05) is 12.1 Å². The van der Waals surface area contributed by atoms with E-state index in [0.717, 1.165) is 0 Å². The van der Waals surface area contributed by atoms with Gasteiger partial charge in [0.05, 0.1) is 0 Å². The van der Waals surface area contributed by atoms with E-state index in [0.29, 0.717) is 0 Å². The maximum absolute atomic E-state index is 10.3. The van der Waals surface area contributed by atoms with Crippen molar-refractivity contribution in [1.29, 1.82) is 0 Å². The second kappa shape index (κ2) is 5.00. The second-order valence-corrected chi connectivity index (χ2v) is 3.21. The van der Waals surface area contributed by atoms with Gasteiger partial charge in [-0.25, -0.2) is 4.57 Å². The Morgan fingerprint density at radius 1 is 1.23 bits per heavy atom. The van der Waals surface area contributed by atoms with E-state index in [4.69, 9.17) is 14.9 Å². The number of phenolic OH excluding ortho intramolecular Hbond substituents is 1. The summed E-state index contributed by atoms with van der Waals surface area (Å²) in [5, 5.41) is 9.01. The van der Waals surface area contributed by atoms with Gasteiger partial charge >= 0.3 is 37.4 Å². The average Bonchev–Trinajstić information content (AvgIpc) is 1.91. The second-order valence-electron chi connectivity index (χ2n) is 2.05. The van der Waals surface area contributed by atoms with Gasteiger partial charge in [-0.2, -0.15) is 0 Å². The van der Waals surface area contributed by atoms with Gasteiger partial charge in [0, 0.05) is 0 Å². The molecule has 0 aromatic heterocycles. The van der Waals surface area contributed by atoms with Crippen LogP contribution in [-0.2, 0) is 4.57 Å². The van der Waals surface area contributed by atoms with E-state index in [1.54, 1.807) is 0 Å². The fraction of sp³-hybridized carbons (Fsp3) is 0. The van der Waals surface area contributed by atoms with Crippen LogP contribution in [0.15, 0.2) is 24.3 Å². The molecule has 0 aliphatic rings. The standard InChI is InChI=1S/C6H7O5P.Na.H/c7-5-3-1-2-4-6(5)11-12(8,9)10;;/h1-4,7H,(H2,8,9,10);;. The van der Waals surface area contributed by atoms with E-state index in [1.165, 1.54) is 24.3 Å². The Kier molecular flexibility index (Phi) is 4.99. The van der Waals surface area contributed by atoms with Crippen LogP contribution >= 0.6 is 7.82 Å². The molecular formula is C6H8NaO5P. The van der Waals surface area contributed by atoms with Gasteiger partial charge in [0.2, 0.25) is 0 Å². The third kappa shape index (κ3) is 4.67. The van der Waals surface area contributed by atoms with E-state index in [1.807, 2.05) is 0 Å². The Morgan fingerprint density at radius 2 is 1.77 bits per heavy atom. The molecule has 0 fully saturated rings. The van der Waals surface area contributed by atoms with Crippen LogP contribution in [0.4, 0.5) is 0 Å². The third-order valence-corrected chi connectivity index (χ3v) is 1.52. The molecule has 1 aromatic rings. The van der Waals surface area contributed by atoms with E-state index < -0.39 is 7.82 Å². The number of phenols is 1. The van der Waals surface area contributed by atoms with Gasteiger partial charge in [0.1, 0.15) is 0 Å². The van der Waals surface area contributed by atoms with Gasteiger partial charge in [0.15, 0.2) is 11.5 Å². The summed E-state index contributed by atoms with van der Waals surface area (Å²) in [5.41, 5.74) is 0. The first-order valence-corrected chi connectivity index (χ1v) is 4.55. The molecule has 0 unspecified atom stereocenters. The quantitative estimate of drug-likeness (QED) is 0.484. The number of phosphoric acid groups is 1. The molecule has 0 aliphatic carbocycles. The Bertz CT molecular complexity index is 323. The number of rotatable bonds is 2. The molecule has 0 spiro atoms. The van der Waals surface area contributed by atoms with Crippen LogP contribution in [0.25, 0.3) is 0 Å². The van der Waals surface area contributed by atoms with Crippen LogP contribution in [0.2, 0.25) is 0 Å². The van der Waals surface area contributed by atoms with Gasteiger partial charge in [-0.15, -0.1) is 0 Å². The van der Waals surface area contributed by atoms with Gasteiger partial charge < -0.3 is 9.63 Å². The number of phosphoric ester groups is 1. The monoisotopic (exact) mass is 214 g/mol. The van der Waals surface area contributed by atoms with Crippen LogP contribution in [0, 0.1) is 0 Å². The van der Waals surface area contributed by atoms with Crippen molar-refractivity contribution < 1.29 is 24.0 Å². The molecule has 68 valence electrons. The molecule has 1 aromatic carbocycles. The molecule has 13 heavy (non-hydrogen) atoms. The third-order valence-electron chi connectivity index (χ3n) is 1.08. The van der Waals surface area contributed by atoms with Crippen LogP contribution in [0.3, 0.4) is 0 Å². The normalized spacial score (nSPS) is 10.3. The summed E-state index contributed by atoms with van der Waals surface area (Å²) < 4.78 is 14.5. The van der Waals surface area contributed by atoms with Crippen molar-refractivity contribution >= 4 is 37.4 Å². The molecule has 0 atom stereocenters. The summed E-state index contributed by atoms with van der Waals surface area (Å²) >= 11 is 0. The summed E-state index contributed by atoms with van der Waals surface area (Å²) in [6, 6.07) is 5.53. The summed E-state index contributed by atoms with van der Waals surface area (Å²) in [7, 11) is -4.57. The molecule has 0 saturated heterocycles. The van der Waals surface area contributed by atoms with Crippen molar-refractivity contribution in [2.24, 2.45) is 0 Å². The van der Waals surface area contributed by atoms with Crippen molar-refractivity contribution in [3.05, 3.63) is 24.3 Å². The number of para-hydroxylation sites is 2. The molecule has 0 bridgehead atoms. The predicted molar refractivity (Wildman–Crippen MR) is 47.9 cm³/mol. The molecular weight excluding hydrogens is 206 g/mol. The van der Waals surface area contributed by atoms with Crippen LogP contribution in [-0.4, -0.2) is 44.5 Å². The van der Waals surface area contributed by atoms with Crippen molar-refractivity contribution in [2.75, 3.05) is 0 Å². The summed E-state index contributed by atoms with van der Waals surface area (Å²) in [4.78, 5) is 16.7. The summed E-state index contributed by atoms with van der Waals surface area (Å²) in [6.07, 6.45) is 0. The number of benzene rings is 1. The van der Waals surface area contributed by atoms with E-state index in [9.17, 15) is 4.57 Å². The Labute approximate surface area is 96.9 Å². The van der Waals surface area contributed by atoms with E-state index >= 15 is 0 Å². The van der Waals surface area contributed by atoms with Gasteiger partial charge in [-0.05, 0) is 12.1 Å². The predicted octanol–water partition coefficient (Wildman–Crippen LogP) is 0.215. The zero-order chi connectivity index (χ0) is 9.19. The zero-order valence-electron chi connectivity index (χ0n) is 5.91. The molecule has 5 nitrogen and oxygen atoms in total. The molecule has 1 rings (SSSR count). The SMILES string of the molecule is O=P(O)(O)Oc1ccccc1O.[NaH]. The van der Waals surface area contributed by atoms with Crippen molar-refractivity contribution in [3.8, 4) is 11.5 Å². The fourth-order valence-corrected chi connectivity index (χ4v) is 1.07. The van der Waals surface area contributed by atoms with Crippen LogP contribution in [0.5, 0.6) is 11.5 Å². The maximum atomic E-state index is 10.3. The topological polar surface area (TPSA) is 87.0 Å². The van der Waals surface area contributed by atoms with Crippen LogP contribution in [0.1, 0.15) is 0 Å². The molecule has 0 aliphatic heterocycles. The Hall–Kier alpha value is -0.0300. The molecule has 0 heterocycles. The number of hydrogen-bond acceptors (Lipinski definition) is 3. The zero-order valence-corrected chi connectivity index (χ0v) is 6.81.